The second-order valence-electron chi connectivity index (χ2n) is 6.19. The molecule has 1 amide bonds. The maximum atomic E-state index is 12.8. The Morgan fingerprint density at radius 3 is 2.84 bits per heavy atom. The summed E-state index contributed by atoms with van der Waals surface area (Å²) in [6.45, 7) is 1.43. The zero-order valence-corrected chi connectivity index (χ0v) is 14.3. The van der Waals surface area contributed by atoms with E-state index in [-0.39, 0.29) is 5.91 Å². The average molecular weight is 353 g/mol. The number of carbonyl (C=O) groups excluding carboxylic acids is 1. The van der Waals surface area contributed by atoms with Crippen LogP contribution in [0.3, 0.4) is 0 Å². The Morgan fingerprint density at radius 2 is 2.04 bits per heavy atom. The maximum absolute atomic E-state index is 12.8. The van der Waals surface area contributed by atoms with Crippen molar-refractivity contribution in [2.75, 3.05) is 13.1 Å². The van der Waals surface area contributed by atoms with E-state index in [1.54, 1.807) is 18.5 Å². The molecule has 25 heavy (non-hydrogen) atoms. The molecule has 0 radical (unpaired) electrons. The summed E-state index contributed by atoms with van der Waals surface area (Å²) in [6, 6.07) is 13.4. The minimum atomic E-state index is -0.0164. The summed E-state index contributed by atoms with van der Waals surface area (Å²) in [4.78, 5) is 18.6. The number of hydrogen-bond acceptors (Lipinski definition) is 3. The number of nitrogens with zero attached hydrogens (tertiary/aromatic N) is 3. The van der Waals surface area contributed by atoms with Crippen LogP contribution in [0.5, 0.6) is 0 Å². The van der Waals surface area contributed by atoms with Gasteiger partial charge in [-0.1, -0.05) is 23.7 Å². The SMILES string of the molecule is O=C(c1cc(-c2ccncc2)n[nH]1)N1CCC(c2cccc(Cl)c2)C1. The smallest absolute Gasteiger partial charge is 0.271 e. The predicted octanol–water partition coefficient (Wildman–Crippen LogP) is 3.75. The number of carbonyl (C=O) groups is 1. The Morgan fingerprint density at radius 1 is 1.20 bits per heavy atom. The molecule has 1 unspecified atom stereocenters. The van der Waals surface area contributed by atoms with Crippen molar-refractivity contribution in [2.45, 2.75) is 12.3 Å². The zero-order chi connectivity index (χ0) is 17.2. The number of benzene rings is 1. The molecule has 0 saturated carbocycles. The molecule has 1 N–H and O–H groups in total. The van der Waals surface area contributed by atoms with Gasteiger partial charge in [0.25, 0.3) is 5.91 Å². The fourth-order valence-electron chi connectivity index (χ4n) is 3.25. The molecule has 0 bridgehead atoms. The molecule has 3 heterocycles. The van der Waals surface area contributed by atoms with Crippen LogP contribution in [0.4, 0.5) is 0 Å². The highest BCUT2D eigenvalue weighted by Crippen LogP contribution is 2.29. The number of H-pyrrole nitrogens is 1. The fraction of sp³-hybridized carbons (Fsp3) is 0.211. The Hall–Kier alpha value is -2.66. The summed E-state index contributed by atoms with van der Waals surface area (Å²) in [6.07, 6.45) is 4.36. The Labute approximate surface area is 150 Å². The van der Waals surface area contributed by atoms with Crippen molar-refractivity contribution in [2.24, 2.45) is 0 Å². The van der Waals surface area contributed by atoms with Gasteiger partial charge < -0.3 is 4.90 Å². The molecule has 3 aromatic rings. The van der Waals surface area contributed by atoms with Gasteiger partial charge in [-0.25, -0.2) is 0 Å². The van der Waals surface area contributed by atoms with Crippen LogP contribution in [0.1, 0.15) is 28.4 Å². The van der Waals surface area contributed by atoms with Crippen LogP contribution < -0.4 is 0 Å². The topological polar surface area (TPSA) is 61.9 Å². The normalized spacial score (nSPS) is 17.0. The first-order valence-corrected chi connectivity index (χ1v) is 8.59. The summed E-state index contributed by atoms with van der Waals surface area (Å²) < 4.78 is 0. The second-order valence-corrected chi connectivity index (χ2v) is 6.63. The van der Waals surface area contributed by atoms with Crippen LogP contribution in [0.25, 0.3) is 11.3 Å². The number of rotatable bonds is 3. The number of aromatic amines is 1. The van der Waals surface area contributed by atoms with Crippen molar-refractivity contribution in [3.05, 3.63) is 71.1 Å². The van der Waals surface area contributed by atoms with Gasteiger partial charge in [0, 0.05) is 42.0 Å². The third-order valence-corrected chi connectivity index (χ3v) is 4.81. The first-order valence-electron chi connectivity index (χ1n) is 8.21. The molecule has 1 aliphatic rings. The number of hydrogen-bond donors (Lipinski definition) is 1. The summed E-state index contributed by atoms with van der Waals surface area (Å²) in [5, 5.41) is 7.85. The molecule has 1 fully saturated rings. The number of aromatic nitrogens is 3. The van der Waals surface area contributed by atoms with Gasteiger partial charge >= 0.3 is 0 Å². The molecule has 1 aromatic carbocycles. The van der Waals surface area contributed by atoms with Gasteiger partial charge in [-0.2, -0.15) is 5.10 Å². The van der Waals surface area contributed by atoms with E-state index < -0.39 is 0 Å². The van der Waals surface area contributed by atoms with Crippen molar-refractivity contribution in [3.63, 3.8) is 0 Å². The van der Waals surface area contributed by atoms with E-state index in [4.69, 9.17) is 11.6 Å². The van der Waals surface area contributed by atoms with Crippen molar-refractivity contribution in [3.8, 4) is 11.3 Å². The zero-order valence-electron chi connectivity index (χ0n) is 13.5. The molecule has 5 nitrogen and oxygen atoms in total. The van der Waals surface area contributed by atoms with E-state index in [1.807, 2.05) is 35.2 Å². The van der Waals surface area contributed by atoms with Crippen molar-refractivity contribution in [1.82, 2.24) is 20.1 Å². The van der Waals surface area contributed by atoms with Gasteiger partial charge in [-0.15, -0.1) is 0 Å². The van der Waals surface area contributed by atoms with E-state index in [1.165, 1.54) is 5.56 Å². The number of nitrogens with one attached hydrogen (secondary N) is 1. The molecule has 6 heteroatoms. The fourth-order valence-corrected chi connectivity index (χ4v) is 3.45. The van der Waals surface area contributed by atoms with Crippen LogP contribution in [-0.2, 0) is 0 Å². The Kier molecular flexibility index (Phi) is 4.24. The quantitative estimate of drug-likeness (QED) is 0.780. The standard InChI is InChI=1S/C19H17ClN4O/c20-16-3-1-2-14(10-16)15-6-9-24(12-15)19(25)18-11-17(22-23-18)13-4-7-21-8-5-13/h1-5,7-8,10-11,15H,6,9,12H2,(H,22,23). The third-order valence-electron chi connectivity index (χ3n) is 4.58. The molecule has 1 aliphatic heterocycles. The lowest BCUT2D eigenvalue weighted by Crippen LogP contribution is -2.28. The van der Waals surface area contributed by atoms with Gasteiger partial charge in [-0.05, 0) is 42.3 Å². The first kappa shape index (κ1) is 15.8. The van der Waals surface area contributed by atoms with Gasteiger partial charge in [-0.3, -0.25) is 14.9 Å². The van der Waals surface area contributed by atoms with Crippen molar-refractivity contribution in [1.29, 1.82) is 0 Å². The van der Waals surface area contributed by atoms with Crippen LogP contribution in [0, 0.1) is 0 Å². The van der Waals surface area contributed by atoms with Crippen LogP contribution >= 0.6 is 11.6 Å². The highest BCUT2D eigenvalue weighted by molar-refractivity contribution is 6.30. The van der Waals surface area contributed by atoms with Crippen LogP contribution in [0.2, 0.25) is 5.02 Å². The molecule has 0 aliphatic carbocycles. The molecule has 4 rings (SSSR count). The Balaban J connectivity index is 1.48. The average Bonchev–Trinajstić information content (AvgIpc) is 3.32. The maximum Gasteiger partial charge on any atom is 0.271 e. The first-order chi connectivity index (χ1) is 12.2. The highest BCUT2D eigenvalue weighted by Gasteiger charge is 2.29. The number of pyridine rings is 1. The molecule has 2 aromatic heterocycles. The molecule has 1 atom stereocenters. The lowest BCUT2D eigenvalue weighted by atomic mass is 9.99. The van der Waals surface area contributed by atoms with Gasteiger partial charge in [0.15, 0.2) is 0 Å². The molecular formula is C19H17ClN4O. The molecular weight excluding hydrogens is 336 g/mol. The highest BCUT2D eigenvalue weighted by atomic mass is 35.5. The summed E-state index contributed by atoms with van der Waals surface area (Å²) in [5.74, 6) is 0.308. The molecule has 0 spiro atoms. The van der Waals surface area contributed by atoms with Gasteiger partial charge in [0.2, 0.25) is 0 Å². The van der Waals surface area contributed by atoms with Crippen LogP contribution in [-0.4, -0.2) is 39.1 Å². The Bertz CT molecular complexity index is 893. The van der Waals surface area contributed by atoms with E-state index in [2.05, 4.69) is 21.2 Å². The number of likely N-dealkylation sites (tertiary alicyclic amines) is 1. The van der Waals surface area contributed by atoms with E-state index in [9.17, 15) is 4.79 Å². The molecule has 126 valence electrons. The largest absolute Gasteiger partial charge is 0.337 e. The monoisotopic (exact) mass is 352 g/mol. The number of halogens is 1. The van der Waals surface area contributed by atoms with Gasteiger partial charge in [0.1, 0.15) is 5.69 Å². The molecule has 1 saturated heterocycles. The van der Waals surface area contributed by atoms with E-state index in [0.29, 0.717) is 18.2 Å². The summed E-state index contributed by atoms with van der Waals surface area (Å²) in [7, 11) is 0. The van der Waals surface area contributed by atoms with Crippen molar-refractivity contribution >= 4 is 17.5 Å². The second kappa shape index (κ2) is 6.69. The minimum Gasteiger partial charge on any atom is -0.337 e. The third kappa shape index (κ3) is 3.28. The minimum absolute atomic E-state index is 0.0164. The lowest BCUT2D eigenvalue weighted by molar-refractivity contribution is 0.0785. The lowest BCUT2D eigenvalue weighted by Gasteiger charge is -2.15. The van der Waals surface area contributed by atoms with Gasteiger partial charge in [0.05, 0.1) is 5.69 Å². The summed E-state index contributed by atoms with van der Waals surface area (Å²) >= 11 is 6.08. The van der Waals surface area contributed by atoms with E-state index in [0.717, 1.165) is 29.2 Å². The predicted molar refractivity (Wildman–Crippen MR) is 96.5 cm³/mol. The number of amides is 1. The van der Waals surface area contributed by atoms with E-state index >= 15 is 0 Å². The van der Waals surface area contributed by atoms with Crippen LogP contribution in [0.15, 0.2) is 54.9 Å². The summed E-state index contributed by atoms with van der Waals surface area (Å²) in [5.41, 5.74) is 3.38. The van der Waals surface area contributed by atoms with Crippen molar-refractivity contribution < 1.29 is 4.79 Å².